The van der Waals surface area contributed by atoms with E-state index in [0.29, 0.717) is 33.7 Å². The van der Waals surface area contributed by atoms with Crippen LogP contribution in [-0.4, -0.2) is 42.8 Å². The Balaban J connectivity index is 2.05. The first-order chi connectivity index (χ1) is 12.4. The Hall–Kier alpha value is -1.72. The summed E-state index contributed by atoms with van der Waals surface area (Å²) in [5, 5.41) is 2.33. The fourth-order valence-electron chi connectivity index (χ4n) is 2.63. The summed E-state index contributed by atoms with van der Waals surface area (Å²) in [6.45, 7) is 0.956. The third-order valence-corrected chi connectivity index (χ3v) is 4.93. The van der Waals surface area contributed by atoms with Crippen molar-refractivity contribution < 1.29 is 9.53 Å². The van der Waals surface area contributed by atoms with Crippen LogP contribution in [0.3, 0.4) is 0 Å². The highest BCUT2D eigenvalue weighted by atomic mass is 35.5. The molecule has 136 valence electrons. The maximum absolute atomic E-state index is 12.5. The van der Waals surface area contributed by atoms with E-state index in [1.165, 1.54) is 4.57 Å². The zero-order valence-electron chi connectivity index (χ0n) is 14.3. The molecule has 0 aliphatic rings. The van der Waals surface area contributed by atoms with Gasteiger partial charge in [-0.25, -0.2) is 4.79 Å². The van der Waals surface area contributed by atoms with E-state index in [1.807, 2.05) is 31.1 Å². The van der Waals surface area contributed by atoms with Gasteiger partial charge in [0.2, 0.25) is 0 Å². The number of carbonyl (C=O) groups is 1. The Morgan fingerprint density at radius 1 is 1.08 bits per heavy atom. The first-order valence-electron chi connectivity index (χ1n) is 7.94. The molecule has 1 aromatic heterocycles. The van der Waals surface area contributed by atoms with E-state index < -0.39 is 6.09 Å². The molecule has 0 fully saturated rings. The molecule has 0 N–H and O–H groups in total. The quantitative estimate of drug-likeness (QED) is 0.543. The number of ether oxygens (including phenoxy) is 1. The molecule has 0 atom stereocenters. The third kappa shape index (κ3) is 3.99. The van der Waals surface area contributed by atoms with E-state index in [2.05, 4.69) is 0 Å². The Labute approximate surface area is 166 Å². The van der Waals surface area contributed by atoms with Crippen LogP contribution < -0.4 is 0 Å². The maximum Gasteiger partial charge on any atom is 0.418 e. The van der Waals surface area contributed by atoms with Gasteiger partial charge < -0.3 is 9.64 Å². The fourth-order valence-corrected chi connectivity index (χ4v) is 3.10. The molecule has 3 rings (SSSR count). The van der Waals surface area contributed by atoms with E-state index in [9.17, 15) is 4.79 Å². The molecule has 0 radical (unpaired) electrons. The summed E-state index contributed by atoms with van der Waals surface area (Å²) in [7, 11) is 3.84. The second-order valence-corrected chi connectivity index (χ2v) is 7.37. The van der Waals surface area contributed by atoms with Crippen molar-refractivity contribution >= 4 is 51.8 Å². The molecule has 3 aromatic rings. The number of halogens is 3. The normalized spacial score (nSPS) is 11.3. The minimum Gasteiger partial charge on any atom is -0.448 e. The summed E-state index contributed by atoms with van der Waals surface area (Å²) in [5.41, 5.74) is 2.38. The number of nitrogens with zero attached hydrogens (tertiary/aromatic N) is 2. The molecule has 0 saturated carbocycles. The van der Waals surface area contributed by atoms with Gasteiger partial charge in [-0.3, -0.25) is 4.57 Å². The number of hydrogen-bond donors (Lipinski definition) is 0. The lowest BCUT2D eigenvalue weighted by Gasteiger charge is -2.10. The van der Waals surface area contributed by atoms with Gasteiger partial charge in [0.05, 0.1) is 15.6 Å². The highest BCUT2D eigenvalue weighted by Gasteiger charge is 2.17. The average molecular weight is 412 g/mol. The molecule has 0 aliphatic heterocycles. The lowest BCUT2D eigenvalue weighted by atomic mass is 10.1. The van der Waals surface area contributed by atoms with E-state index in [1.54, 1.807) is 30.5 Å². The van der Waals surface area contributed by atoms with Crippen molar-refractivity contribution in [3.63, 3.8) is 0 Å². The van der Waals surface area contributed by atoms with Crippen LogP contribution in [0.5, 0.6) is 0 Å². The molecule has 26 heavy (non-hydrogen) atoms. The molecule has 7 heteroatoms. The van der Waals surface area contributed by atoms with Gasteiger partial charge in [0, 0.05) is 28.7 Å². The van der Waals surface area contributed by atoms with Gasteiger partial charge in [-0.2, -0.15) is 0 Å². The lowest BCUT2D eigenvalue weighted by Crippen LogP contribution is -2.22. The van der Waals surface area contributed by atoms with Crippen LogP contribution >= 0.6 is 34.8 Å². The van der Waals surface area contributed by atoms with Crippen LogP contribution in [0, 0.1) is 0 Å². The number of benzene rings is 2. The smallest absolute Gasteiger partial charge is 0.418 e. The number of hydrogen-bond acceptors (Lipinski definition) is 3. The van der Waals surface area contributed by atoms with Gasteiger partial charge >= 0.3 is 6.09 Å². The van der Waals surface area contributed by atoms with Crippen LogP contribution in [0.2, 0.25) is 15.1 Å². The van der Waals surface area contributed by atoms with Crippen molar-refractivity contribution in [1.29, 1.82) is 0 Å². The molecular weight excluding hydrogens is 395 g/mol. The lowest BCUT2D eigenvalue weighted by molar-refractivity contribution is 0.139. The molecule has 0 spiro atoms. The minimum absolute atomic E-state index is 0.307. The molecule has 0 aliphatic carbocycles. The zero-order chi connectivity index (χ0) is 18.8. The largest absolute Gasteiger partial charge is 0.448 e. The monoisotopic (exact) mass is 410 g/mol. The maximum atomic E-state index is 12.5. The second-order valence-electron chi connectivity index (χ2n) is 6.12. The second kappa shape index (κ2) is 7.89. The summed E-state index contributed by atoms with van der Waals surface area (Å²) in [6.07, 6.45) is 1.30. The van der Waals surface area contributed by atoms with Crippen molar-refractivity contribution in [3.8, 4) is 11.1 Å². The van der Waals surface area contributed by atoms with E-state index >= 15 is 0 Å². The first kappa shape index (κ1) is 19.1. The number of likely N-dealkylation sites (N-methyl/N-ethyl adjacent to an activating group) is 1. The predicted octanol–water partition coefficient (Wildman–Crippen LogP) is 5.81. The van der Waals surface area contributed by atoms with Crippen LogP contribution in [0.1, 0.15) is 0 Å². The summed E-state index contributed by atoms with van der Waals surface area (Å²) in [5.74, 6) is 0. The number of rotatable bonds is 4. The summed E-state index contributed by atoms with van der Waals surface area (Å²) < 4.78 is 6.86. The van der Waals surface area contributed by atoms with Crippen LogP contribution in [-0.2, 0) is 4.74 Å². The molecular formula is C19H17Cl3N2O2. The fraction of sp³-hybridized carbons (Fsp3) is 0.211. The van der Waals surface area contributed by atoms with Gasteiger partial charge in [0.15, 0.2) is 0 Å². The van der Waals surface area contributed by atoms with Gasteiger partial charge in [0.25, 0.3) is 0 Å². The van der Waals surface area contributed by atoms with E-state index in [0.717, 1.165) is 16.5 Å². The Kier molecular flexibility index (Phi) is 5.78. The molecule has 0 amide bonds. The number of aromatic nitrogens is 1. The van der Waals surface area contributed by atoms with E-state index in [-0.39, 0.29) is 0 Å². The van der Waals surface area contributed by atoms with Gasteiger partial charge in [0.1, 0.15) is 6.61 Å². The van der Waals surface area contributed by atoms with Crippen molar-refractivity contribution in [3.05, 3.63) is 57.7 Å². The van der Waals surface area contributed by atoms with Gasteiger partial charge in [-0.15, -0.1) is 0 Å². The SMILES string of the molecule is CN(C)CCOC(=O)n1cc(-c2ccc(Cl)c(Cl)c2)c2cc(Cl)ccc21. The van der Waals surface area contributed by atoms with Crippen LogP contribution in [0.25, 0.3) is 22.0 Å². The summed E-state index contributed by atoms with van der Waals surface area (Å²) in [6, 6.07) is 10.7. The molecule has 1 heterocycles. The third-order valence-electron chi connectivity index (χ3n) is 3.96. The van der Waals surface area contributed by atoms with Crippen molar-refractivity contribution in [2.75, 3.05) is 27.2 Å². The average Bonchev–Trinajstić information content (AvgIpc) is 2.95. The zero-order valence-corrected chi connectivity index (χ0v) is 16.6. The Bertz CT molecular complexity index is 967. The molecule has 0 saturated heterocycles. The minimum atomic E-state index is -0.439. The molecule has 2 aromatic carbocycles. The van der Waals surface area contributed by atoms with Crippen LogP contribution in [0.4, 0.5) is 4.79 Å². The summed E-state index contributed by atoms with van der Waals surface area (Å²) in [4.78, 5) is 14.5. The number of carbonyl (C=O) groups excluding carboxylic acids is 1. The topological polar surface area (TPSA) is 34.5 Å². The standard InChI is InChI=1S/C19H17Cl3N2O2/c1-23(2)7-8-26-19(25)24-11-15(12-3-5-16(21)17(22)9-12)14-10-13(20)4-6-18(14)24/h3-6,9-11H,7-8H2,1-2H3. The molecule has 0 unspecified atom stereocenters. The van der Waals surface area contributed by atoms with Gasteiger partial charge in [-0.1, -0.05) is 40.9 Å². The first-order valence-corrected chi connectivity index (χ1v) is 9.08. The Morgan fingerprint density at radius 3 is 2.54 bits per heavy atom. The van der Waals surface area contributed by atoms with E-state index in [4.69, 9.17) is 39.5 Å². The van der Waals surface area contributed by atoms with Gasteiger partial charge in [-0.05, 0) is 50.0 Å². The predicted molar refractivity (Wildman–Crippen MR) is 108 cm³/mol. The molecule has 0 bridgehead atoms. The van der Waals surface area contributed by atoms with Crippen LogP contribution in [0.15, 0.2) is 42.6 Å². The van der Waals surface area contributed by atoms with Crippen molar-refractivity contribution in [1.82, 2.24) is 9.47 Å². The molecule has 4 nitrogen and oxygen atoms in total. The highest BCUT2D eigenvalue weighted by molar-refractivity contribution is 6.42. The number of fused-ring (bicyclic) bond motifs is 1. The van der Waals surface area contributed by atoms with Crippen molar-refractivity contribution in [2.24, 2.45) is 0 Å². The summed E-state index contributed by atoms with van der Waals surface area (Å²) >= 11 is 18.3. The van der Waals surface area contributed by atoms with Crippen molar-refractivity contribution in [2.45, 2.75) is 0 Å². The highest BCUT2D eigenvalue weighted by Crippen LogP contribution is 2.35. The Morgan fingerprint density at radius 2 is 1.85 bits per heavy atom.